The van der Waals surface area contributed by atoms with Crippen molar-refractivity contribution in [3.8, 4) is 0 Å². The Morgan fingerprint density at radius 1 is 1.07 bits per heavy atom. The lowest BCUT2D eigenvalue weighted by atomic mass is 9.80. The lowest BCUT2D eigenvalue weighted by Crippen LogP contribution is -2.41. The first-order valence-corrected chi connectivity index (χ1v) is 11.1. The molecule has 1 atom stereocenters. The van der Waals surface area contributed by atoms with E-state index in [1.807, 2.05) is 6.92 Å². The van der Waals surface area contributed by atoms with E-state index in [9.17, 15) is 18.0 Å². The fourth-order valence-electron chi connectivity index (χ4n) is 3.69. The molecule has 0 saturated heterocycles. The molecule has 160 valence electrons. The average molecular weight is 452 g/mol. The summed E-state index contributed by atoms with van der Waals surface area (Å²) in [6, 6.07) is 11.3. The Morgan fingerprint density at radius 3 is 2.23 bits per heavy atom. The van der Waals surface area contributed by atoms with Crippen LogP contribution in [-0.4, -0.2) is 41.1 Å². The summed E-state index contributed by atoms with van der Waals surface area (Å²) in [6.07, 6.45) is 0.231. The summed E-state index contributed by atoms with van der Waals surface area (Å²) in [5.41, 5.74) is 1.79. The first-order chi connectivity index (χ1) is 14.2. The number of carbonyl (C=O) groups excluding carboxylic acids is 2. The van der Waals surface area contributed by atoms with Crippen LogP contribution in [0.5, 0.6) is 0 Å². The number of nitrogens with zero attached hydrogens (tertiary/aromatic N) is 1. The van der Waals surface area contributed by atoms with Crippen LogP contribution >= 0.6 is 11.6 Å². The SMILES string of the molecule is COC(=O)C(C(=O)OC)[C@H]1CCN(S(=O)(=O)c2ccc(C)cc2)c2cc(Cl)ccc21. The molecule has 0 amide bonds. The molecule has 1 heterocycles. The van der Waals surface area contributed by atoms with E-state index in [4.69, 9.17) is 21.1 Å². The minimum atomic E-state index is -3.87. The van der Waals surface area contributed by atoms with Crippen LogP contribution in [0.25, 0.3) is 0 Å². The number of ether oxygens (including phenoxy) is 2. The van der Waals surface area contributed by atoms with E-state index in [0.717, 1.165) is 5.56 Å². The Kier molecular flexibility index (Phi) is 6.38. The Hall–Kier alpha value is -2.58. The highest BCUT2D eigenvalue weighted by Gasteiger charge is 2.43. The van der Waals surface area contributed by atoms with E-state index >= 15 is 0 Å². The number of methoxy groups -OCH3 is 2. The Labute approximate surface area is 180 Å². The van der Waals surface area contributed by atoms with E-state index in [1.165, 1.54) is 24.6 Å². The summed E-state index contributed by atoms with van der Waals surface area (Å²) in [5, 5.41) is 0.339. The lowest BCUT2D eigenvalue weighted by Gasteiger charge is -2.36. The Morgan fingerprint density at radius 2 is 1.67 bits per heavy atom. The highest BCUT2D eigenvalue weighted by Crippen LogP contribution is 2.43. The van der Waals surface area contributed by atoms with Crippen LogP contribution in [-0.2, 0) is 29.1 Å². The average Bonchev–Trinajstić information content (AvgIpc) is 2.73. The van der Waals surface area contributed by atoms with Gasteiger partial charge >= 0.3 is 11.9 Å². The number of benzene rings is 2. The van der Waals surface area contributed by atoms with Crippen LogP contribution in [0.4, 0.5) is 5.69 Å². The molecule has 0 radical (unpaired) electrons. The summed E-state index contributed by atoms with van der Waals surface area (Å²) >= 11 is 6.16. The second-order valence-electron chi connectivity index (χ2n) is 7.01. The monoisotopic (exact) mass is 451 g/mol. The normalized spacial score (nSPS) is 16.2. The fraction of sp³-hybridized carbons (Fsp3) is 0.333. The molecule has 7 nitrogen and oxygen atoms in total. The minimum Gasteiger partial charge on any atom is -0.468 e. The fourth-order valence-corrected chi connectivity index (χ4v) is 5.35. The quantitative estimate of drug-likeness (QED) is 0.511. The summed E-state index contributed by atoms with van der Waals surface area (Å²) in [5.74, 6) is -3.28. The predicted molar refractivity (Wildman–Crippen MR) is 112 cm³/mol. The third kappa shape index (κ3) is 4.02. The summed E-state index contributed by atoms with van der Waals surface area (Å²) < 4.78 is 37.5. The van der Waals surface area contributed by atoms with Crippen LogP contribution in [0, 0.1) is 12.8 Å². The zero-order valence-corrected chi connectivity index (χ0v) is 18.4. The third-order valence-electron chi connectivity index (χ3n) is 5.23. The van der Waals surface area contributed by atoms with Crippen LogP contribution in [0.3, 0.4) is 0 Å². The molecule has 0 aromatic heterocycles. The van der Waals surface area contributed by atoms with Crippen molar-refractivity contribution in [2.45, 2.75) is 24.2 Å². The Balaban J connectivity index is 2.11. The number of aryl methyl sites for hydroxylation is 1. The number of esters is 2. The first-order valence-electron chi connectivity index (χ1n) is 9.25. The van der Waals surface area contributed by atoms with Gasteiger partial charge in [0.15, 0.2) is 5.92 Å². The van der Waals surface area contributed by atoms with Crippen molar-refractivity contribution >= 4 is 39.3 Å². The molecule has 0 aliphatic carbocycles. The lowest BCUT2D eigenvalue weighted by molar-refractivity contribution is -0.160. The van der Waals surface area contributed by atoms with Gasteiger partial charge in [-0.2, -0.15) is 0 Å². The molecule has 1 aliphatic heterocycles. The van der Waals surface area contributed by atoms with Crippen molar-refractivity contribution < 1.29 is 27.5 Å². The minimum absolute atomic E-state index is 0.0682. The van der Waals surface area contributed by atoms with Gasteiger partial charge in [0.25, 0.3) is 10.0 Å². The maximum Gasteiger partial charge on any atom is 0.320 e. The number of carbonyl (C=O) groups is 2. The van der Waals surface area contributed by atoms with E-state index in [0.29, 0.717) is 16.3 Å². The summed E-state index contributed by atoms with van der Waals surface area (Å²) in [4.78, 5) is 24.8. The molecule has 1 aliphatic rings. The zero-order valence-electron chi connectivity index (χ0n) is 16.8. The van der Waals surface area contributed by atoms with E-state index in [1.54, 1.807) is 36.4 Å². The number of anilines is 1. The summed E-state index contributed by atoms with van der Waals surface area (Å²) in [6.45, 7) is 1.94. The zero-order chi connectivity index (χ0) is 22.1. The van der Waals surface area contributed by atoms with E-state index in [2.05, 4.69) is 0 Å². The van der Waals surface area contributed by atoms with Gasteiger partial charge in [-0.15, -0.1) is 0 Å². The number of hydrogen-bond acceptors (Lipinski definition) is 6. The predicted octanol–water partition coefficient (Wildman–Crippen LogP) is 3.29. The molecule has 3 rings (SSSR count). The molecule has 0 unspecified atom stereocenters. The maximum absolute atomic E-state index is 13.3. The number of hydrogen-bond donors (Lipinski definition) is 0. The Bertz CT molecular complexity index is 1050. The van der Waals surface area contributed by atoms with Crippen molar-refractivity contribution in [2.24, 2.45) is 5.92 Å². The smallest absolute Gasteiger partial charge is 0.320 e. The van der Waals surface area contributed by atoms with Gasteiger partial charge in [-0.25, -0.2) is 8.42 Å². The number of sulfonamides is 1. The van der Waals surface area contributed by atoms with Crippen molar-refractivity contribution in [3.05, 3.63) is 58.6 Å². The highest BCUT2D eigenvalue weighted by atomic mass is 35.5. The molecule has 0 fully saturated rings. The molecule has 0 N–H and O–H groups in total. The van der Waals surface area contributed by atoms with Gasteiger partial charge in [0, 0.05) is 17.5 Å². The van der Waals surface area contributed by atoms with Crippen LogP contribution in [0.2, 0.25) is 5.02 Å². The van der Waals surface area contributed by atoms with E-state index < -0.39 is 33.8 Å². The maximum atomic E-state index is 13.3. The topological polar surface area (TPSA) is 90.0 Å². The van der Waals surface area contributed by atoms with Gasteiger partial charge < -0.3 is 9.47 Å². The van der Waals surface area contributed by atoms with Crippen LogP contribution in [0.1, 0.15) is 23.5 Å². The standard InChI is InChI=1S/C21H22ClNO6S/c1-13-4-7-15(8-5-13)30(26,27)23-11-10-17(16-9-6-14(22)12-18(16)23)19(20(24)28-2)21(25)29-3/h4-9,12,17,19H,10-11H2,1-3H3/t17-/m0/s1. The molecule has 0 bridgehead atoms. The van der Waals surface area contributed by atoms with Crippen LogP contribution < -0.4 is 4.31 Å². The largest absolute Gasteiger partial charge is 0.468 e. The molecule has 2 aromatic carbocycles. The van der Waals surface area contributed by atoms with Gasteiger partial charge in [0.2, 0.25) is 0 Å². The molecule has 30 heavy (non-hydrogen) atoms. The highest BCUT2D eigenvalue weighted by molar-refractivity contribution is 7.92. The third-order valence-corrected chi connectivity index (χ3v) is 7.29. The van der Waals surface area contributed by atoms with Gasteiger partial charge in [0.05, 0.1) is 24.8 Å². The van der Waals surface area contributed by atoms with Crippen molar-refractivity contribution in [1.82, 2.24) is 0 Å². The number of rotatable bonds is 5. The van der Waals surface area contributed by atoms with Crippen LogP contribution in [0.15, 0.2) is 47.4 Å². The number of fused-ring (bicyclic) bond motifs is 1. The second-order valence-corrected chi connectivity index (χ2v) is 9.31. The van der Waals surface area contributed by atoms with Crippen molar-refractivity contribution in [3.63, 3.8) is 0 Å². The van der Waals surface area contributed by atoms with Gasteiger partial charge in [0.1, 0.15) is 0 Å². The molecule has 0 spiro atoms. The molecular weight excluding hydrogens is 430 g/mol. The van der Waals surface area contributed by atoms with Gasteiger partial charge in [-0.1, -0.05) is 35.4 Å². The first kappa shape index (κ1) is 22.1. The van der Waals surface area contributed by atoms with Crippen molar-refractivity contribution in [1.29, 1.82) is 0 Å². The summed E-state index contributed by atoms with van der Waals surface area (Å²) in [7, 11) is -1.48. The van der Waals surface area contributed by atoms with Crippen molar-refractivity contribution in [2.75, 3.05) is 25.1 Å². The van der Waals surface area contributed by atoms with Gasteiger partial charge in [-0.05, 0) is 43.2 Å². The van der Waals surface area contributed by atoms with E-state index in [-0.39, 0.29) is 17.9 Å². The molecule has 0 saturated carbocycles. The van der Waals surface area contributed by atoms with Gasteiger partial charge in [-0.3, -0.25) is 13.9 Å². The molecule has 9 heteroatoms. The molecular formula is C21H22ClNO6S. The molecule has 2 aromatic rings. The second kappa shape index (κ2) is 8.65. The number of halogens is 1.